The molecule has 0 aliphatic rings. The van der Waals surface area contributed by atoms with Crippen LogP contribution in [0, 0.1) is 11.2 Å². The third-order valence-corrected chi connectivity index (χ3v) is 2.15. The van der Waals surface area contributed by atoms with E-state index in [9.17, 15) is 4.39 Å². The van der Waals surface area contributed by atoms with Gasteiger partial charge in [0.1, 0.15) is 5.82 Å². The monoisotopic (exact) mass is 195 g/mol. The topological polar surface area (TPSA) is 53.1 Å². The zero-order chi connectivity index (χ0) is 10.7. The number of aryl methyl sites for hydroxylation is 1. The molecule has 0 unspecified atom stereocenters. The lowest BCUT2D eigenvalue weighted by atomic mass is 10.1. The van der Waals surface area contributed by atoms with Gasteiger partial charge in [0, 0.05) is 12.7 Å². The summed E-state index contributed by atoms with van der Waals surface area (Å²) in [5.74, 6) is -0.311. The minimum atomic E-state index is -0.262. The van der Waals surface area contributed by atoms with E-state index in [2.05, 4.69) is 0 Å². The van der Waals surface area contributed by atoms with Crippen molar-refractivity contribution in [3.05, 3.63) is 29.6 Å². The van der Waals surface area contributed by atoms with Crippen LogP contribution in [0.3, 0.4) is 0 Å². The van der Waals surface area contributed by atoms with E-state index in [1.807, 2.05) is 6.92 Å². The van der Waals surface area contributed by atoms with E-state index in [-0.39, 0.29) is 11.8 Å². The van der Waals surface area contributed by atoms with Crippen molar-refractivity contribution >= 4 is 11.6 Å². The van der Waals surface area contributed by atoms with Gasteiger partial charge in [-0.25, -0.2) is 4.39 Å². The maximum Gasteiger partial charge on any atom is 0.192 e. The summed E-state index contributed by atoms with van der Waals surface area (Å²) in [6.07, 6.45) is 0.713. The molecule has 0 saturated heterocycles. The SMILES string of the molecule is CCc1cc(F)ccc1N(C)C(=N)N. The van der Waals surface area contributed by atoms with Crippen LogP contribution >= 0.6 is 0 Å². The highest BCUT2D eigenvalue weighted by Gasteiger charge is 2.08. The van der Waals surface area contributed by atoms with E-state index in [1.165, 1.54) is 17.0 Å². The Labute approximate surface area is 82.8 Å². The third kappa shape index (κ3) is 2.02. The first kappa shape index (κ1) is 10.5. The number of nitrogens with zero attached hydrogens (tertiary/aromatic N) is 1. The van der Waals surface area contributed by atoms with Crippen LogP contribution < -0.4 is 10.6 Å². The van der Waals surface area contributed by atoms with Gasteiger partial charge in [0.25, 0.3) is 0 Å². The second-order valence-electron chi connectivity index (χ2n) is 3.07. The highest BCUT2D eigenvalue weighted by atomic mass is 19.1. The molecule has 0 atom stereocenters. The summed E-state index contributed by atoms with van der Waals surface area (Å²) in [6.45, 7) is 1.94. The van der Waals surface area contributed by atoms with Crippen LogP contribution in [0.15, 0.2) is 18.2 Å². The molecule has 3 N–H and O–H groups in total. The summed E-state index contributed by atoms with van der Waals surface area (Å²) >= 11 is 0. The summed E-state index contributed by atoms with van der Waals surface area (Å²) in [5.41, 5.74) is 6.97. The minimum Gasteiger partial charge on any atom is -0.370 e. The molecule has 0 spiro atoms. The predicted molar refractivity (Wildman–Crippen MR) is 56.1 cm³/mol. The van der Waals surface area contributed by atoms with E-state index < -0.39 is 0 Å². The number of rotatable bonds is 2. The molecule has 0 aromatic heterocycles. The van der Waals surface area contributed by atoms with E-state index in [4.69, 9.17) is 11.1 Å². The fourth-order valence-corrected chi connectivity index (χ4v) is 1.29. The van der Waals surface area contributed by atoms with E-state index in [1.54, 1.807) is 13.1 Å². The maximum absolute atomic E-state index is 12.9. The number of hydrogen-bond acceptors (Lipinski definition) is 1. The molecule has 76 valence electrons. The van der Waals surface area contributed by atoms with E-state index in [0.29, 0.717) is 6.42 Å². The van der Waals surface area contributed by atoms with Crippen molar-refractivity contribution in [3.8, 4) is 0 Å². The highest BCUT2D eigenvalue weighted by molar-refractivity contribution is 5.92. The minimum absolute atomic E-state index is 0.0497. The van der Waals surface area contributed by atoms with Crippen molar-refractivity contribution in [2.75, 3.05) is 11.9 Å². The van der Waals surface area contributed by atoms with Crippen molar-refractivity contribution in [2.45, 2.75) is 13.3 Å². The van der Waals surface area contributed by atoms with Gasteiger partial charge in [-0.3, -0.25) is 5.41 Å². The molecule has 0 aliphatic carbocycles. The average Bonchev–Trinajstić information content (AvgIpc) is 2.16. The molecule has 3 nitrogen and oxygen atoms in total. The number of hydrogen-bond donors (Lipinski definition) is 2. The van der Waals surface area contributed by atoms with Crippen LogP contribution in [0.5, 0.6) is 0 Å². The first-order valence-electron chi connectivity index (χ1n) is 4.42. The molecule has 0 saturated carbocycles. The van der Waals surface area contributed by atoms with Gasteiger partial charge in [0.2, 0.25) is 0 Å². The zero-order valence-electron chi connectivity index (χ0n) is 8.34. The van der Waals surface area contributed by atoms with Crippen molar-refractivity contribution in [3.63, 3.8) is 0 Å². The molecule has 0 aliphatic heterocycles. The Morgan fingerprint density at radius 2 is 2.21 bits per heavy atom. The van der Waals surface area contributed by atoms with Gasteiger partial charge in [-0.2, -0.15) is 0 Å². The second-order valence-corrected chi connectivity index (χ2v) is 3.07. The Hall–Kier alpha value is -1.58. The molecule has 0 fully saturated rings. The van der Waals surface area contributed by atoms with Gasteiger partial charge < -0.3 is 10.6 Å². The lowest BCUT2D eigenvalue weighted by Gasteiger charge is -2.19. The lowest BCUT2D eigenvalue weighted by molar-refractivity contribution is 0.625. The van der Waals surface area contributed by atoms with Crippen molar-refractivity contribution in [1.29, 1.82) is 5.41 Å². The van der Waals surface area contributed by atoms with Crippen LogP contribution in [-0.4, -0.2) is 13.0 Å². The standard InChI is InChI=1S/C10H14FN3/c1-3-7-6-8(11)4-5-9(7)14(2)10(12)13/h4-6H,3H2,1-2H3,(H3,12,13). The smallest absolute Gasteiger partial charge is 0.192 e. The third-order valence-electron chi connectivity index (χ3n) is 2.15. The molecular formula is C10H14FN3. The molecule has 0 amide bonds. The number of nitrogens with one attached hydrogen (secondary N) is 1. The summed E-state index contributed by atoms with van der Waals surface area (Å²) in [4.78, 5) is 1.53. The second kappa shape index (κ2) is 4.09. The highest BCUT2D eigenvalue weighted by Crippen LogP contribution is 2.20. The largest absolute Gasteiger partial charge is 0.370 e. The molecule has 0 bridgehead atoms. The summed E-state index contributed by atoms with van der Waals surface area (Å²) < 4.78 is 12.9. The molecule has 0 radical (unpaired) electrons. The molecule has 0 heterocycles. The fraction of sp³-hybridized carbons (Fsp3) is 0.300. The Kier molecular flexibility index (Phi) is 3.06. The fourth-order valence-electron chi connectivity index (χ4n) is 1.29. The van der Waals surface area contributed by atoms with Gasteiger partial charge in [0.05, 0.1) is 0 Å². The Morgan fingerprint density at radius 1 is 1.57 bits per heavy atom. The summed E-state index contributed by atoms with van der Waals surface area (Å²) in [6, 6.07) is 4.47. The summed E-state index contributed by atoms with van der Waals surface area (Å²) in [7, 11) is 1.69. The van der Waals surface area contributed by atoms with E-state index in [0.717, 1.165) is 11.3 Å². The Morgan fingerprint density at radius 3 is 2.71 bits per heavy atom. The number of anilines is 1. The van der Waals surface area contributed by atoms with Crippen LogP contribution in [-0.2, 0) is 6.42 Å². The summed E-state index contributed by atoms with van der Waals surface area (Å²) in [5, 5.41) is 7.27. The Balaban J connectivity index is 3.13. The first-order chi connectivity index (χ1) is 6.56. The zero-order valence-corrected chi connectivity index (χ0v) is 8.34. The predicted octanol–water partition coefficient (Wildman–Crippen LogP) is 1.72. The van der Waals surface area contributed by atoms with Crippen LogP contribution in [0.2, 0.25) is 0 Å². The van der Waals surface area contributed by atoms with Crippen molar-refractivity contribution in [1.82, 2.24) is 0 Å². The maximum atomic E-state index is 12.9. The number of guanidine groups is 1. The van der Waals surface area contributed by atoms with Gasteiger partial charge in [0.15, 0.2) is 5.96 Å². The van der Waals surface area contributed by atoms with Gasteiger partial charge >= 0.3 is 0 Å². The first-order valence-corrected chi connectivity index (χ1v) is 4.42. The molecule has 14 heavy (non-hydrogen) atoms. The van der Waals surface area contributed by atoms with E-state index >= 15 is 0 Å². The lowest BCUT2D eigenvalue weighted by Crippen LogP contribution is -2.33. The van der Waals surface area contributed by atoms with Crippen LogP contribution in [0.25, 0.3) is 0 Å². The average molecular weight is 195 g/mol. The van der Waals surface area contributed by atoms with Gasteiger partial charge in [-0.1, -0.05) is 6.92 Å². The normalized spacial score (nSPS) is 9.93. The molecule has 1 rings (SSSR count). The van der Waals surface area contributed by atoms with Crippen molar-refractivity contribution in [2.24, 2.45) is 5.73 Å². The molecule has 4 heteroatoms. The molecular weight excluding hydrogens is 181 g/mol. The Bertz CT molecular complexity index is 349. The molecule has 1 aromatic rings. The molecule has 1 aromatic carbocycles. The van der Waals surface area contributed by atoms with Crippen LogP contribution in [0.4, 0.5) is 10.1 Å². The van der Waals surface area contributed by atoms with Gasteiger partial charge in [-0.15, -0.1) is 0 Å². The quantitative estimate of drug-likeness (QED) is 0.557. The number of halogens is 1. The van der Waals surface area contributed by atoms with Crippen LogP contribution in [0.1, 0.15) is 12.5 Å². The van der Waals surface area contributed by atoms with Crippen molar-refractivity contribution < 1.29 is 4.39 Å². The van der Waals surface area contributed by atoms with Gasteiger partial charge in [-0.05, 0) is 30.2 Å². The number of nitrogens with two attached hydrogens (primary N) is 1. The number of benzene rings is 1.